The van der Waals surface area contributed by atoms with E-state index in [1.165, 1.54) is 0 Å². The molecule has 0 amide bonds. The average molecular weight is 251 g/mol. The van der Waals surface area contributed by atoms with E-state index >= 15 is 0 Å². The fraction of sp³-hybridized carbons (Fsp3) is 0.500. The van der Waals surface area contributed by atoms with E-state index in [2.05, 4.69) is 15.9 Å². The summed E-state index contributed by atoms with van der Waals surface area (Å²) in [6.07, 6.45) is 0.396. The summed E-state index contributed by atoms with van der Waals surface area (Å²) in [5.74, 6) is 0. The van der Waals surface area contributed by atoms with Crippen molar-refractivity contribution in [1.82, 2.24) is 0 Å². The molecule has 0 saturated carbocycles. The van der Waals surface area contributed by atoms with Crippen LogP contribution in [-0.4, -0.2) is 18.3 Å². The third-order valence-corrected chi connectivity index (χ3v) is 3.36. The summed E-state index contributed by atoms with van der Waals surface area (Å²) in [7, 11) is 1.64. The predicted molar refractivity (Wildman–Crippen MR) is 54.0 cm³/mol. The summed E-state index contributed by atoms with van der Waals surface area (Å²) >= 11 is 4.93. The van der Waals surface area contributed by atoms with Crippen LogP contribution < -0.4 is 4.74 Å². The van der Waals surface area contributed by atoms with Crippen LogP contribution in [0, 0.1) is 0 Å². The van der Waals surface area contributed by atoms with Gasteiger partial charge < -0.3 is 9.84 Å². The van der Waals surface area contributed by atoms with Gasteiger partial charge in [-0.3, -0.25) is 0 Å². The highest BCUT2D eigenvalue weighted by atomic mass is 79.9. The highest BCUT2D eigenvalue weighted by Gasteiger charge is 2.08. The van der Waals surface area contributed by atoms with Crippen molar-refractivity contribution in [3.05, 3.63) is 15.4 Å². The third-order valence-electron chi connectivity index (χ3n) is 1.39. The molecule has 0 spiro atoms. The van der Waals surface area contributed by atoms with Crippen molar-refractivity contribution in [2.24, 2.45) is 0 Å². The average Bonchev–Trinajstić information content (AvgIpc) is 2.29. The first-order valence-electron chi connectivity index (χ1n) is 3.63. The molecule has 0 radical (unpaired) electrons. The molecule has 4 heteroatoms. The summed E-state index contributed by atoms with van der Waals surface area (Å²) in [5.41, 5.74) is 0. The molecular formula is C8H11BrO2S. The minimum Gasteiger partial charge on any atom is -0.486 e. The number of ether oxygens (including phenoxy) is 1. The molecule has 0 aromatic carbocycles. The zero-order chi connectivity index (χ0) is 9.14. The molecule has 0 aliphatic rings. The second kappa shape index (κ2) is 4.25. The molecular weight excluding hydrogens is 240 g/mol. The van der Waals surface area contributed by atoms with E-state index in [0.29, 0.717) is 6.42 Å². The zero-order valence-corrected chi connectivity index (χ0v) is 9.41. The maximum Gasteiger partial charge on any atom is 0.188 e. The van der Waals surface area contributed by atoms with E-state index in [1.807, 2.05) is 6.07 Å². The minimum absolute atomic E-state index is 0.291. The highest BCUT2D eigenvalue weighted by Crippen LogP contribution is 2.35. The zero-order valence-electron chi connectivity index (χ0n) is 7.00. The quantitative estimate of drug-likeness (QED) is 0.894. The van der Waals surface area contributed by atoms with Crippen LogP contribution in [0.1, 0.15) is 11.8 Å². The molecule has 1 unspecified atom stereocenters. The molecule has 12 heavy (non-hydrogen) atoms. The topological polar surface area (TPSA) is 29.5 Å². The Bertz CT molecular complexity index is 258. The maximum absolute atomic E-state index is 9.13. The lowest BCUT2D eigenvalue weighted by Gasteiger charge is -1.98. The van der Waals surface area contributed by atoms with Crippen molar-refractivity contribution in [2.75, 3.05) is 7.11 Å². The molecule has 1 aromatic rings. The van der Waals surface area contributed by atoms with Gasteiger partial charge >= 0.3 is 0 Å². The van der Waals surface area contributed by atoms with E-state index in [0.717, 1.165) is 14.4 Å². The SMILES string of the molecule is COc1sc(CC(C)O)cc1Br. The number of methoxy groups -OCH3 is 1. The Hall–Kier alpha value is -0.0600. The van der Waals surface area contributed by atoms with Crippen molar-refractivity contribution in [2.45, 2.75) is 19.4 Å². The van der Waals surface area contributed by atoms with Crippen molar-refractivity contribution in [3.8, 4) is 5.06 Å². The van der Waals surface area contributed by atoms with Gasteiger partial charge in [-0.15, -0.1) is 11.3 Å². The standard InChI is InChI=1S/C8H11BrO2S/c1-5(10)3-6-4-7(9)8(11-2)12-6/h4-5,10H,3H2,1-2H3. The number of rotatable bonds is 3. The molecule has 0 saturated heterocycles. The third kappa shape index (κ3) is 2.47. The lowest BCUT2D eigenvalue weighted by molar-refractivity contribution is 0.196. The van der Waals surface area contributed by atoms with Crippen LogP contribution in [0.4, 0.5) is 0 Å². The first kappa shape index (κ1) is 10.0. The lowest BCUT2D eigenvalue weighted by Crippen LogP contribution is -2.01. The van der Waals surface area contributed by atoms with E-state index in [-0.39, 0.29) is 6.10 Å². The van der Waals surface area contributed by atoms with Gasteiger partial charge in [0.15, 0.2) is 5.06 Å². The van der Waals surface area contributed by atoms with Crippen molar-refractivity contribution in [3.63, 3.8) is 0 Å². The fourth-order valence-electron chi connectivity index (χ4n) is 0.928. The Morgan fingerprint density at radius 2 is 2.42 bits per heavy atom. The number of hydrogen-bond acceptors (Lipinski definition) is 3. The fourth-order valence-corrected chi connectivity index (χ4v) is 2.74. The molecule has 2 nitrogen and oxygen atoms in total. The lowest BCUT2D eigenvalue weighted by atomic mass is 10.2. The first-order valence-corrected chi connectivity index (χ1v) is 5.24. The van der Waals surface area contributed by atoms with Crippen molar-refractivity contribution >= 4 is 27.3 Å². The van der Waals surface area contributed by atoms with Crippen LogP contribution >= 0.6 is 27.3 Å². The molecule has 0 aliphatic carbocycles. The number of thiophene rings is 1. The van der Waals surface area contributed by atoms with Crippen LogP contribution in [-0.2, 0) is 6.42 Å². The predicted octanol–water partition coefficient (Wildman–Crippen LogP) is 2.44. The van der Waals surface area contributed by atoms with Crippen LogP contribution in [0.15, 0.2) is 10.5 Å². The highest BCUT2D eigenvalue weighted by molar-refractivity contribution is 9.10. The Morgan fingerprint density at radius 1 is 1.75 bits per heavy atom. The second-order valence-corrected chi connectivity index (χ2v) is 4.56. The maximum atomic E-state index is 9.13. The summed E-state index contributed by atoms with van der Waals surface area (Å²) in [4.78, 5) is 1.13. The van der Waals surface area contributed by atoms with Gasteiger partial charge in [-0.25, -0.2) is 0 Å². The molecule has 1 atom stereocenters. The van der Waals surface area contributed by atoms with E-state index < -0.39 is 0 Å². The number of aliphatic hydroxyl groups is 1. The molecule has 0 aliphatic heterocycles. The smallest absolute Gasteiger partial charge is 0.188 e. The Morgan fingerprint density at radius 3 is 2.83 bits per heavy atom. The first-order chi connectivity index (χ1) is 5.63. The van der Waals surface area contributed by atoms with Crippen LogP contribution in [0.3, 0.4) is 0 Å². The van der Waals surface area contributed by atoms with E-state index in [4.69, 9.17) is 9.84 Å². The largest absolute Gasteiger partial charge is 0.486 e. The van der Waals surface area contributed by atoms with Crippen molar-refractivity contribution in [1.29, 1.82) is 0 Å². The van der Waals surface area contributed by atoms with Gasteiger partial charge in [0.25, 0.3) is 0 Å². The Balaban J connectivity index is 2.75. The summed E-state index contributed by atoms with van der Waals surface area (Å²) in [6.45, 7) is 1.78. The summed E-state index contributed by atoms with van der Waals surface area (Å²) < 4.78 is 6.06. The molecule has 68 valence electrons. The minimum atomic E-state index is -0.291. The Kier molecular flexibility index (Phi) is 3.55. The second-order valence-electron chi connectivity index (χ2n) is 2.61. The molecule has 1 N–H and O–H groups in total. The molecule has 1 aromatic heterocycles. The van der Waals surface area contributed by atoms with Gasteiger partial charge in [-0.2, -0.15) is 0 Å². The molecule has 1 rings (SSSR count). The molecule has 1 heterocycles. The number of halogens is 1. The van der Waals surface area contributed by atoms with Gasteiger partial charge in [0, 0.05) is 11.3 Å². The molecule has 0 bridgehead atoms. The summed E-state index contributed by atoms with van der Waals surface area (Å²) in [6, 6.07) is 1.98. The molecule has 0 fully saturated rings. The van der Waals surface area contributed by atoms with Crippen LogP contribution in [0.5, 0.6) is 5.06 Å². The van der Waals surface area contributed by atoms with Gasteiger partial charge in [-0.1, -0.05) is 0 Å². The van der Waals surface area contributed by atoms with Crippen LogP contribution in [0.25, 0.3) is 0 Å². The van der Waals surface area contributed by atoms with Gasteiger partial charge in [0.1, 0.15) is 0 Å². The van der Waals surface area contributed by atoms with Gasteiger partial charge in [0.05, 0.1) is 17.7 Å². The van der Waals surface area contributed by atoms with Crippen LogP contribution in [0.2, 0.25) is 0 Å². The normalized spacial score (nSPS) is 13.0. The van der Waals surface area contributed by atoms with Gasteiger partial charge in [0.2, 0.25) is 0 Å². The van der Waals surface area contributed by atoms with E-state index in [1.54, 1.807) is 25.4 Å². The number of hydrogen-bond donors (Lipinski definition) is 1. The van der Waals surface area contributed by atoms with Gasteiger partial charge in [-0.05, 0) is 28.9 Å². The summed E-state index contributed by atoms with van der Waals surface area (Å²) in [5, 5.41) is 10.00. The Labute approximate surface area is 84.3 Å². The van der Waals surface area contributed by atoms with E-state index in [9.17, 15) is 0 Å². The number of aliphatic hydroxyl groups excluding tert-OH is 1. The van der Waals surface area contributed by atoms with Crippen molar-refractivity contribution < 1.29 is 9.84 Å². The monoisotopic (exact) mass is 250 g/mol.